The van der Waals surface area contributed by atoms with Crippen LogP contribution in [-0.2, 0) is 0 Å². The number of piperidine rings is 1. The van der Waals surface area contributed by atoms with Gasteiger partial charge in [-0.1, -0.05) is 6.92 Å². The van der Waals surface area contributed by atoms with Crippen molar-refractivity contribution in [2.45, 2.75) is 25.8 Å². The van der Waals surface area contributed by atoms with Gasteiger partial charge in [0.1, 0.15) is 4.88 Å². The molecule has 0 aromatic carbocycles. The summed E-state index contributed by atoms with van der Waals surface area (Å²) < 4.78 is 0.891. The van der Waals surface area contributed by atoms with Gasteiger partial charge in [0.2, 0.25) is 0 Å². The van der Waals surface area contributed by atoms with Gasteiger partial charge in [0.05, 0.1) is 0 Å². The Bertz CT molecular complexity index is 413. The predicted molar refractivity (Wildman–Crippen MR) is 81.5 cm³/mol. The largest absolute Gasteiger partial charge is 0.334 e. The van der Waals surface area contributed by atoms with Crippen molar-refractivity contribution in [3.8, 4) is 0 Å². The molecule has 2 atom stereocenters. The third-order valence-electron chi connectivity index (χ3n) is 3.32. The predicted octanol–water partition coefficient (Wildman–Crippen LogP) is 3.13. The molecule has 1 amide bonds. The number of carbonyl (C=O) groups excluding carboxylic acids is 1. The first kappa shape index (κ1) is 16.0. The zero-order valence-corrected chi connectivity index (χ0v) is 13.5. The standard InChI is InChI=1S/C12H17BrN2OS.ClH/c1-8-2-4-15(9(6-8)7-14)12(16)11-10(13)3-5-17-11;/h3,5,8-9H,2,4,6-7,14H2,1H3;1H. The average Bonchev–Trinajstić information content (AvgIpc) is 2.74. The first-order valence-corrected chi connectivity index (χ1v) is 7.54. The van der Waals surface area contributed by atoms with E-state index in [2.05, 4.69) is 22.9 Å². The SMILES string of the molecule is CC1CCN(C(=O)c2sccc2Br)C(CN)C1.Cl. The van der Waals surface area contributed by atoms with Crippen LogP contribution in [0, 0.1) is 5.92 Å². The summed E-state index contributed by atoms with van der Waals surface area (Å²) in [5.41, 5.74) is 5.78. The fourth-order valence-corrected chi connectivity index (χ4v) is 3.82. The first-order valence-electron chi connectivity index (χ1n) is 5.87. The van der Waals surface area contributed by atoms with Gasteiger partial charge in [-0.3, -0.25) is 4.79 Å². The van der Waals surface area contributed by atoms with Gasteiger partial charge in [-0.05, 0) is 46.1 Å². The van der Waals surface area contributed by atoms with Crippen LogP contribution >= 0.6 is 39.7 Å². The fourth-order valence-electron chi connectivity index (χ4n) is 2.32. The van der Waals surface area contributed by atoms with Gasteiger partial charge < -0.3 is 10.6 Å². The molecule has 0 bridgehead atoms. The van der Waals surface area contributed by atoms with Crippen LogP contribution < -0.4 is 5.73 Å². The Morgan fingerprint density at radius 2 is 2.39 bits per heavy atom. The highest BCUT2D eigenvalue weighted by molar-refractivity contribution is 9.10. The van der Waals surface area contributed by atoms with Crippen LogP contribution in [0.3, 0.4) is 0 Å². The molecule has 0 aliphatic carbocycles. The van der Waals surface area contributed by atoms with Crippen molar-refractivity contribution in [1.82, 2.24) is 4.90 Å². The van der Waals surface area contributed by atoms with Crippen LogP contribution in [0.2, 0.25) is 0 Å². The van der Waals surface area contributed by atoms with Crippen LogP contribution in [0.15, 0.2) is 15.9 Å². The van der Waals surface area contributed by atoms with E-state index < -0.39 is 0 Å². The molecule has 1 aromatic rings. The minimum absolute atomic E-state index is 0. The average molecular weight is 354 g/mol. The Morgan fingerprint density at radius 3 is 2.94 bits per heavy atom. The second kappa shape index (κ2) is 6.89. The third-order valence-corrected chi connectivity index (χ3v) is 5.15. The summed E-state index contributed by atoms with van der Waals surface area (Å²) in [4.78, 5) is 15.1. The Kier molecular flexibility index (Phi) is 6.11. The molecule has 1 aliphatic heterocycles. The van der Waals surface area contributed by atoms with E-state index in [1.54, 1.807) is 0 Å². The molecule has 2 heterocycles. The molecule has 18 heavy (non-hydrogen) atoms. The monoisotopic (exact) mass is 352 g/mol. The molecule has 3 nitrogen and oxygen atoms in total. The third kappa shape index (κ3) is 3.26. The Morgan fingerprint density at radius 1 is 1.67 bits per heavy atom. The molecule has 1 aromatic heterocycles. The van der Waals surface area contributed by atoms with Gasteiger partial charge >= 0.3 is 0 Å². The van der Waals surface area contributed by atoms with E-state index in [1.807, 2.05) is 16.3 Å². The van der Waals surface area contributed by atoms with E-state index in [-0.39, 0.29) is 24.4 Å². The van der Waals surface area contributed by atoms with E-state index in [0.29, 0.717) is 12.5 Å². The molecular formula is C12H18BrClN2OS. The van der Waals surface area contributed by atoms with Crippen molar-refractivity contribution in [1.29, 1.82) is 0 Å². The number of hydrogen-bond acceptors (Lipinski definition) is 3. The van der Waals surface area contributed by atoms with Gasteiger partial charge in [0, 0.05) is 23.6 Å². The maximum Gasteiger partial charge on any atom is 0.265 e. The fraction of sp³-hybridized carbons (Fsp3) is 0.583. The number of nitrogens with zero attached hydrogens (tertiary/aromatic N) is 1. The summed E-state index contributed by atoms with van der Waals surface area (Å²) in [6.07, 6.45) is 2.09. The van der Waals surface area contributed by atoms with E-state index in [4.69, 9.17) is 5.73 Å². The van der Waals surface area contributed by atoms with Crippen LogP contribution in [0.4, 0.5) is 0 Å². The maximum absolute atomic E-state index is 12.4. The van der Waals surface area contributed by atoms with Crippen LogP contribution in [0.1, 0.15) is 29.4 Å². The van der Waals surface area contributed by atoms with Crippen molar-refractivity contribution >= 4 is 45.6 Å². The lowest BCUT2D eigenvalue weighted by atomic mass is 9.92. The number of carbonyl (C=O) groups is 1. The van der Waals surface area contributed by atoms with E-state index in [1.165, 1.54) is 11.3 Å². The molecule has 2 N–H and O–H groups in total. The summed E-state index contributed by atoms with van der Waals surface area (Å²) in [6.45, 7) is 3.61. The minimum Gasteiger partial charge on any atom is -0.334 e. The number of amides is 1. The van der Waals surface area contributed by atoms with Crippen molar-refractivity contribution in [3.05, 3.63) is 20.8 Å². The highest BCUT2D eigenvalue weighted by atomic mass is 79.9. The van der Waals surface area contributed by atoms with Crippen LogP contribution in [0.25, 0.3) is 0 Å². The zero-order valence-electron chi connectivity index (χ0n) is 10.3. The quantitative estimate of drug-likeness (QED) is 0.888. The van der Waals surface area contributed by atoms with Crippen molar-refractivity contribution in [3.63, 3.8) is 0 Å². The lowest BCUT2D eigenvalue weighted by Gasteiger charge is -2.37. The van der Waals surface area contributed by atoms with E-state index in [9.17, 15) is 4.79 Å². The molecule has 102 valence electrons. The molecule has 2 unspecified atom stereocenters. The molecule has 1 saturated heterocycles. The van der Waals surface area contributed by atoms with Gasteiger partial charge in [0.15, 0.2) is 0 Å². The molecule has 1 fully saturated rings. The molecule has 2 rings (SSSR count). The Labute approximate surface area is 126 Å². The molecular weight excluding hydrogens is 336 g/mol. The highest BCUT2D eigenvalue weighted by Crippen LogP contribution is 2.28. The molecule has 1 aliphatic rings. The summed E-state index contributed by atoms with van der Waals surface area (Å²) in [7, 11) is 0. The Hall–Kier alpha value is -0.100. The Balaban J connectivity index is 0.00000162. The van der Waals surface area contributed by atoms with Gasteiger partial charge in [-0.15, -0.1) is 23.7 Å². The lowest BCUT2D eigenvalue weighted by Crippen LogP contribution is -2.49. The van der Waals surface area contributed by atoms with Gasteiger partial charge in [0.25, 0.3) is 5.91 Å². The van der Waals surface area contributed by atoms with Crippen molar-refractivity contribution in [2.75, 3.05) is 13.1 Å². The molecule has 0 radical (unpaired) electrons. The number of rotatable bonds is 2. The number of hydrogen-bond donors (Lipinski definition) is 1. The van der Waals surface area contributed by atoms with Crippen LogP contribution in [0.5, 0.6) is 0 Å². The summed E-state index contributed by atoms with van der Waals surface area (Å²) in [5.74, 6) is 0.786. The molecule has 0 spiro atoms. The lowest BCUT2D eigenvalue weighted by molar-refractivity contribution is 0.0578. The number of thiophene rings is 1. The van der Waals surface area contributed by atoms with E-state index in [0.717, 1.165) is 28.7 Å². The second-order valence-corrected chi connectivity index (χ2v) is 6.39. The summed E-state index contributed by atoms with van der Waals surface area (Å²) >= 11 is 4.90. The maximum atomic E-state index is 12.4. The first-order chi connectivity index (χ1) is 8.13. The normalized spacial score (nSPS) is 23.6. The van der Waals surface area contributed by atoms with Crippen LogP contribution in [-0.4, -0.2) is 29.9 Å². The minimum atomic E-state index is 0. The summed E-state index contributed by atoms with van der Waals surface area (Å²) in [5, 5.41) is 1.93. The van der Waals surface area contributed by atoms with Gasteiger partial charge in [-0.25, -0.2) is 0 Å². The number of halogens is 2. The number of likely N-dealkylation sites (tertiary alicyclic amines) is 1. The number of nitrogens with two attached hydrogens (primary N) is 1. The highest BCUT2D eigenvalue weighted by Gasteiger charge is 2.30. The topological polar surface area (TPSA) is 46.3 Å². The van der Waals surface area contributed by atoms with E-state index >= 15 is 0 Å². The van der Waals surface area contributed by atoms with Crippen molar-refractivity contribution < 1.29 is 4.79 Å². The smallest absolute Gasteiger partial charge is 0.265 e. The molecule has 0 saturated carbocycles. The molecule has 6 heteroatoms. The second-order valence-electron chi connectivity index (χ2n) is 4.62. The van der Waals surface area contributed by atoms with Crippen molar-refractivity contribution in [2.24, 2.45) is 11.7 Å². The van der Waals surface area contributed by atoms with Gasteiger partial charge in [-0.2, -0.15) is 0 Å². The summed E-state index contributed by atoms with van der Waals surface area (Å²) in [6, 6.07) is 2.11. The zero-order chi connectivity index (χ0) is 12.4.